The number of aryl methyl sites for hydroxylation is 1. The predicted octanol–water partition coefficient (Wildman–Crippen LogP) is 3.21. The number of ether oxygens (including phenoxy) is 1. The van der Waals surface area contributed by atoms with Crippen molar-refractivity contribution < 1.29 is 4.74 Å². The molecule has 1 atom stereocenters. The monoisotopic (exact) mass is 254 g/mol. The lowest BCUT2D eigenvalue weighted by atomic mass is 10.1. The molecule has 1 aliphatic heterocycles. The standard InChI is InChI=1S/C13H19ClN2O/c1-9-6-12(15)11(14)7-13(9)16-8-10-4-2-3-5-17-10/h6-7,10,16H,2-5,8,15H2,1H3. The SMILES string of the molecule is Cc1cc(N)c(Cl)cc1NCC1CCCCO1. The number of nitrogens with one attached hydrogen (secondary N) is 1. The summed E-state index contributed by atoms with van der Waals surface area (Å²) in [6, 6.07) is 3.78. The summed E-state index contributed by atoms with van der Waals surface area (Å²) < 4.78 is 5.67. The van der Waals surface area contributed by atoms with E-state index in [1.807, 2.05) is 19.1 Å². The van der Waals surface area contributed by atoms with Gasteiger partial charge in [-0.05, 0) is 43.9 Å². The van der Waals surface area contributed by atoms with Crippen LogP contribution < -0.4 is 11.1 Å². The maximum atomic E-state index is 6.01. The zero-order valence-electron chi connectivity index (χ0n) is 10.1. The third-order valence-corrected chi connectivity index (χ3v) is 3.47. The lowest BCUT2D eigenvalue weighted by Gasteiger charge is -2.23. The fraction of sp³-hybridized carbons (Fsp3) is 0.538. The van der Waals surface area contributed by atoms with Gasteiger partial charge in [-0.25, -0.2) is 0 Å². The summed E-state index contributed by atoms with van der Waals surface area (Å²) in [5.41, 5.74) is 8.53. The molecule has 1 aromatic rings. The summed E-state index contributed by atoms with van der Waals surface area (Å²) in [7, 11) is 0. The van der Waals surface area contributed by atoms with Crippen LogP contribution in [0.25, 0.3) is 0 Å². The van der Waals surface area contributed by atoms with Gasteiger partial charge in [0.2, 0.25) is 0 Å². The van der Waals surface area contributed by atoms with Gasteiger partial charge in [-0.3, -0.25) is 0 Å². The number of halogens is 1. The largest absolute Gasteiger partial charge is 0.398 e. The summed E-state index contributed by atoms with van der Waals surface area (Å²) in [6.07, 6.45) is 3.89. The van der Waals surface area contributed by atoms with Crippen LogP contribution in [0.3, 0.4) is 0 Å². The maximum Gasteiger partial charge on any atom is 0.0747 e. The van der Waals surface area contributed by atoms with Crippen LogP contribution in [0.1, 0.15) is 24.8 Å². The second-order valence-corrected chi connectivity index (χ2v) is 4.97. The zero-order chi connectivity index (χ0) is 12.3. The van der Waals surface area contributed by atoms with Gasteiger partial charge in [0.1, 0.15) is 0 Å². The summed E-state index contributed by atoms with van der Waals surface area (Å²) in [5, 5.41) is 3.99. The number of rotatable bonds is 3. The summed E-state index contributed by atoms with van der Waals surface area (Å²) in [5.74, 6) is 0. The minimum atomic E-state index is 0.319. The van der Waals surface area contributed by atoms with Crippen LogP contribution in [-0.2, 0) is 4.74 Å². The lowest BCUT2D eigenvalue weighted by molar-refractivity contribution is 0.0247. The highest BCUT2D eigenvalue weighted by Crippen LogP contribution is 2.27. The average Bonchev–Trinajstić information content (AvgIpc) is 2.33. The molecule has 0 amide bonds. The Hall–Kier alpha value is -0.930. The third-order valence-electron chi connectivity index (χ3n) is 3.14. The van der Waals surface area contributed by atoms with Gasteiger partial charge in [0.05, 0.1) is 16.8 Å². The van der Waals surface area contributed by atoms with Crippen LogP contribution in [0.5, 0.6) is 0 Å². The van der Waals surface area contributed by atoms with Gasteiger partial charge in [-0.1, -0.05) is 11.6 Å². The molecular formula is C13H19ClN2O. The molecule has 94 valence electrons. The number of hydrogen-bond acceptors (Lipinski definition) is 3. The lowest BCUT2D eigenvalue weighted by Crippen LogP contribution is -2.27. The molecule has 4 heteroatoms. The molecule has 0 bridgehead atoms. The fourth-order valence-corrected chi connectivity index (χ4v) is 2.25. The first kappa shape index (κ1) is 12.5. The highest BCUT2D eigenvalue weighted by atomic mass is 35.5. The minimum absolute atomic E-state index is 0.319. The van der Waals surface area contributed by atoms with E-state index in [0.717, 1.165) is 30.8 Å². The first-order valence-electron chi connectivity index (χ1n) is 6.08. The molecule has 2 rings (SSSR count). The number of hydrogen-bond donors (Lipinski definition) is 2. The van der Waals surface area contributed by atoms with Crippen molar-refractivity contribution in [3.05, 3.63) is 22.7 Å². The highest BCUT2D eigenvalue weighted by molar-refractivity contribution is 6.33. The van der Waals surface area contributed by atoms with Gasteiger partial charge >= 0.3 is 0 Å². The van der Waals surface area contributed by atoms with Crippen molar-refractivity contribution in [1.82, 2.24) is 0 Å². The Morgan fingerprint density at radius 3 is 3.00 bits per heavy atom. The van der Waals surface area contributed by atoms with E-state index >= 15 is 0 Å². The van der Waals surface area contributed by atoms with E-state index in [1.54, 1.807) is 0 Å². The van der Waals surface area contributed by atoms with E-state index in [1.165, 1.54) is 12.8 Å². The number of nitrogens with two attached hydrogens (primary N) is 1. The second-order valence-electron chi connectivity index (χ2n) is 4.56. The smallest absolute Gasteiger partial charge is 0.0747 e. The van der Waals surface area contributed by atoms with E-state index in [9.17, 15) is 0 Å². The molecule has 0 aromatic heterocycles. The molecule has 1 fully saturated rings. The molecule has 0 spiro atoms. The van der Waals surface area contributed by atoms with Crippen LogP contribution in [0.2, 0.25) is 5.02 Å². The van der Waals surface area contributed by atoms with E-state index in [2.05, 4.69) is 5.32 Å². The van der Waals surface area contributed by atoms with Crippen molar-refractivity contribution in [2.45, 2.75) is 32.3 Å². The molecule has 0 radical (unpaired) electrons. The maximum absolute atomic E-state index is 6.01. The topological polar surface area (TPSA) is 47.3 Å². The minimum Gasteiger partial charge on any atom is -0.398 e. The Balaban J connectivity index is 1.96. The van der Waals surface area contributed by atoms with Gasteiger partial charge in [0, 0.05) is 18.8 Å². The highest BCUT2D eigenvalue weighted by Gasteiger charge is 2.13. The zero-order valence-corrected chi connectivity index (χ0v) is 10.9. The Bertz CT molecular complexity index is 389. The molecule has 1 heterocycles. The molecule has 1 aliphatic rings. The first-order chi connectivity index (χ1) is 8.16. The quantitative estimate of drug-likeness (QED) is 0.815. The molecule has 3 nitrogen and oxygen atoms in total. The molecule has 1 saturated heterocycles. The molecule has 1 aromatic carbocycles. The van der Waals surface area contributed by atoms with Gasteiger partial charge in [-0.2, -0.15) is 0 Å². The van der Waals surface area contributed by atoms with Crippen LogP contribution in [0.15, 0.2) is 12.1 Å². The Kier molecular flexibility index (Phi) is 4.13. The average molecular weight is 255 g/mol. The van der Waals surface area contributed by atoms with Gasteiger partial charge in [0.25, 0.3) is 0 Å². The van der Waals surface area contributed by atoms with Crippen molar-refractivity contribution >= 4 is 23.0 Å². The number of anilines is 2. The van der Waals surface area contributed by atoms with E-state index in [4.69, 9.17) is 22.1 Å². The van der Waals surface area contributed by atoms with Crippen LogP contribution >= 0.6 is 11.6 Å². The van der Waals surface area contributed by atoms with Crippen molar-refractivity contribution in [2.24, 2.45) is 0 Å². The summed E-state index contributed by atoms with van der Waals surface area (Å²) in [6.45, 7) is 3.74. The third kappa shape index (κ3) is 3.27. The van der Waals surface area contributed by atoms with Crippen LogP contribution in [0, 0.1) is 6.92 Å². The normalized spacial score (nSPS) is 20.2. The fourth-order valence-electron chi connectivity index (χ4n) is 2.09. The van der Waals surface area contributed by atoms with Crippen molar-refractivity contribution in [2.75, 3.05) is 24.2 Å². The Morgan fingerprint density at radius 1 is 1.47 bits per heavy atom. The van der Waals surface area contributed by atoms with Crippen LogP contribution in [-0.4, -0.2) is 19.3 Å². The van der Waals surface area contributed by atoms with Crippen molar-refractivity contribution in [1.29, 1.82) is 0 Å². The Morgan fingerprint density at radius 2 is 2.29 bits per heavy atom. The van der Waals surface area contributed by atoms with E-state index in [-0.39, 0.29) is 0 Å². The number of benzene rings is 1. The molecule has 3 N–H and O–H groups in total. The molecule has 17 heavy (non-hydrogen) atoms. The number of nitrogen functional groups attached to an aromatic ring is 1. The summed E-state index contributed by atoms with van der Waals surface area (Å²) in [4.78, 5) is 0. The molecule has 1 unspecified atom stereocenters. The van der Waals surface area contributed by atoms with Crippen molar-refractivity contribution in [3.63, 3.8) is 0 Å². The van der Waals surface area contributed by atoms with Crippen LogP contribution in [0.4, 0.5) is 11.4 Å². The predicted molar refractivity (Wildman–Crippen MR) is 72.7 cm³/mol. The molecule has 0 saturated carbocycles. The van der Waals surface area contributed by atoms with E-state index in [0.29, 0.717) is 16.8 Å². The molecular weight excluding hydrogens is 236 g/mol. The van der Waals surface area contributed by atoms with Gasteiger partial charge in [-0.15, -0.1) is 0 Å². The molecule has 0 aliphatic carbocycles. The Labute approximate surface area is 107 Å². The van der Waals surface area contributed by atoms with E-state index < -0.39 is 0 Å². The first-order valence-corrected chi connectivity index (χ1v) is 6.45. The van der Waals surface area contributed by atoms with Crippen molar-refractivity contribution in [3.8, 4) is 0 Å². The van der Waals surface area contributed by atoms with Gasteiger partial charge < -0.3 is 15.8 Å². The summed E-state index contributed by atoms with van der Waals surface area (Å²) >= 11 is 6.01. The van der Waals surface area contributed by atoms with Gasteiger partial charge in [0.15, 0.2) is 0 Å². The second kappa shape index (κ2) is 5.61.